The van der Waals surface area contributed by atoms with Gasteiger partial charge >= 0.3 is 5.97 Å². The highest BCUT2D eigenvalue weighted by Crippen LogP contribution is 2.21. The summed E-state index contributed by atoms with van der Waals surface area (Å²) in [6.07, 6.45) is 1.74. The average molecular weight is 259 g/mol. The number of nitrogens with zero attached hydrogens (tertiary/aromatic N) is 1. The predicted octanol–water partition coefficient (Wildman–Crippen LogP) is 1.84. The van der Waals surface area contributed by atoms with E-state index in [9.17, 15) is 19.7 Å². The highest BCUT2D eigenvalue weighted by atomic mass is 16.6. The fourth-order valence-electron chi connectivity index (χ4n) is 1.62. The second-order valence-electron chi connectivity index (χ2n) is 5.24. The maximum absolute atomic E-state index is 11.9. The standard InChI is InChI=1S/C12H21NO5/c1-5-6-9(8-14)10(7-13(16)17)11(15)18-12(2,3)4/h8-10H,5-7H2,1-4H3. The molecule has 2 atom stereocenters. The minimum Gasteiger partial charge on any atom is -0.460 e. The van der Waals surface area contributed by atoms with E-state index in [0.717, 1.165) is 0 Å². The van der Waals surface area contributed by atoms with Crippen LogP contribution >= 0.6 is 0 Å². The highest BCUT2D eigenvalue weighted by Gasteiger charge is 2.35. The summed E-state index contributed by atoms with van der Waals surface area (Å²) in [5.41, 5.74) is -0.717. The monoisotopic (exact) mass is 259 g/mol. The van der Waals surface area contributed by atoms with Gasteiger partial charge in [-0.15, -0.1) is 0 Å². The number of nitro groups is 1. The van der Waals surface area contributed by atoms with Crippen LogP contribution in [0.3, 0.4) is 0 Å². The van der Waals surface area contributed by atoms with Crippen LogP contribution in [0, 0.1) is 22.0 Å². The van der Waals surface area contributed by atoms with Crippen molar-refractivity contribution in [2.45, 2.75) is 46.1 Å². The molecular weight excluding hydrogens is 238 g/mol. The van der Waals surface area contributed by atoms with E-state index in [4.69, 9.17) is 4.74 Å². The average Bonchev–Trinajstić information content (AvgIpc) is 2.20. The van der Waals surface area contributed by atoms with Crippen LogP contribution in [0.2, 0.25) is 0 Å². The summed E-state index contributed by atoms with van der Waals surface area (Å²) in [6, 6.07) is 0. The van der Waals surface area contributed by atoms with Crippen molar-refractivity contribution in [3.05, 3.63) is 10.1 Å². The summed E-state index contributed by atoms with van der Waals surface area (Å²) in [4.78, 5) is 32.8. The van der Waals surface area contributed by atoms with Gasteiger partial charge in [0.05, 0.1) is 0 Å². The Morgan fingerprint density at radius 3 is 2.33 bits per heavy atom. The Kier molecular flexibility index (Phi) is 6.51. The molecule has 0 radical (unpaired) electrons. The molecule has 0 amide bonds. The van der Waals surface area contributed by atoms with Crippen molar-refractivity contribution in [2.24, 2.45) is 11.8 Å². The molecule has 0 N–H and O–H groups in total. The quantitative estimate of drug-likeness (QED) is 0.301. The Morgan fingerprint density at radius 1 is 1.44 bits per heavy atom. The van der Waals surface area contributed by atoms with Crippen molar-refractivity contribution in [1.82, 2.24) is 0 Å². The van der Waals surface area contributed by atoms with E-state index in [0.29, 0.717) is 19.1 Å². The summed E-state index contributed by atoms with van der Waals surface area (Å²) in [5.74, 6) is -2.34. The Balaban J connectivity index is 4.90. The van der Waals surface area contributed by atoms with Crippen molar-refractivity contribution in [2.75, 3.05) is 6.54 Å². The molecule has 18 heavy (non-hydrogen) atoms. The van der Waals surface area contributed by atoms with E-state index < -0.39 is 34.9 Å². The van der Waals surface area contributed by atoms with Gasteiger partial charge in [-0.05, 0) is 27.2 Å². The topological polar surface area (TPSA) is 86.5 Å². The summed E-state index contributed by atoms with van der Waals surface area (Å²) in [6.45, 7) is 6.34. The van der Waals surface area contributed by atoms with Crippen LogP contribution in [0.25, 0.3) is 0 Å². The summed E-state index contributed by atoms with van der Waals surface area (Å²) in [5, 5.41) is 10.6. The van der Waals surface area contributed by atoms with E-state index in [1.807, 2.05) is 6.92 Å². The first-order valence-electron chi connectivity index (χ1n) is 6.01. The number of hydrogen-bond acceptors (Lipinski definition) is 5. The fraction of sp³-hybridized carbons (Fsp3) is 0.833. The molecule has 6 heteroatoms. The third kappa shape index (κ3) is 6.32. The number of rotatable bonds is 7. The summed E-state index contributed by atoms with van der Waals surface area (Å²) >= 11 is 0. The zero-order valence-electron chi connectivity index (χ0n) is 11.3. The van der Waals surface area contributed by atoms with Crippen molar-refractivity contribution in [1.29, 1.82) is 0 Å². The largest absolute Gasteiger partial charge is 0.460 e. The van der Waals surface area contributed by atoms with Gasteiger partial charge in [0, 0.05) is 10.8 Å². The number of ether oxygens (including phenoxy) is 1. The molecule has 0 bridgehead atoms. The molecule has 2 unspecified atom stereocenters. The molecule has 0 aromatic carbocycles. The van der Waals surface area contributed by atoms with Gasteiger partial charge in [-0.25, -0.2) is 0 Å². The number of hydrogen-bond donors (Lipinski definition) is 0. The lowest BCUT2D eigenvalue weighted by molar-refractivity contribution is -0.487. The molecule has 0 saturated heterocycles. The van der Waals surface area contributed by atoms with E-state index >= 15 is 0 Å². The maximum Gasteiger partial charge on any atom is 0.316 e. The van der Waals surface area contributed by atoms with Crippen LogP contribution in [-0.4, -0.2) is 29.3 Å². The van der Waals surface area contributed by atoms with E-state index in [2.05, 4.69) is 0 Å². The van der Waals surface area contributed by atoms with Crippen molar-refractivity contribution < 1.29 is 19.2 Å². The number of esters is 1. The van der Waals surface area contributed by atoms with Crippen LogP contribution < -0.4 is 0 Å². The second kappa shape index (κ2) is 7.08. The van der Waals surface area contributed by atoms with E-state index in [1.54, 1.807) is 20.8 Å². The number of carbonyl (C=O) groups is 2. The Bertz CT molecular complexity index is 308. The second-order valence-corrected chi connectivity index (χ2v) is 5.24. The SMILES string of the molecule is CCCC(C=O)C(C[N+](=O)[O-])C(=O)OC(C)(C)C. The molecule has 0 aromatic rings. The first-order valence-corrected chi connectivity index (χ1v) is 6.01. The van der Waals surface area contributed by atoms with E-state index in [-0.39, 0.29) is 0 Å². The molecule has 0 heterocycles. The third-order valence-corrected chi connectivity index (χ3v) is 2.37. The molecule has 0 aliphatic rings. The summed E-state index contributed by atoms with van der Waals surface area (Å²) < 4.78 is 5.13. The van der Waals surface area contributed by atoms with Crippen LogP contribution in [-0.2, 0) is 14.3 Å². The van der Waals surface area contributed by atoms with Gasteiger partial charge in [-0.1, -0.05) is 13.3 Å². The van der Waals surface area contributed by atoms with Crippen LogP contribution in [0.5, 0.6) is 0 Å². The molecule has 0 spiro atoms. The molecule has 0 saturated carbocycles. The zero-order chi connectivity index (χ0) is 14.3. The molecule has 6 nitrogen and oxygen atoms in total. The lowest BCUT2D eigenvalue weighted by atomic mass is 9.89. The molecule has 0 rings (SSSR count). The molecule has 0 aliphatic carbocycles. The zero-order valence-corrected chi connectivity index (χ0v) is 11.3. The minimum absolute atomic E-state index is 0.446. The van der Waals surface area contributed by atoms with Crippen molar-refractivity contribution in [3.8, 4) is 0 Å². The molecule has 104 valence electrons. The van der Waals surface area contributed by atoms with Gasteiger partial charge in [-0.2, -0.15) is 0 Å². The van der Waals surface area contributed by atoms with Gasteiger partial charge in [0.2, 0.25) is 6.54 Å². The van der Waals surface area contributed by atoms with Crippen molar-refractivity contribution in [3.63, 3.8) is 0 Å². The Hall–Kier alpha value is -1.46. The lowest BCUT2D eigenvalue weighted by Gasteiger charge is -2.24. The maximum atomic E-state index is 11.9. The Labute approximate surface area is 107 Å². The first kappa shape index (κ1) is 16.5. The minimum atomic E-state index is -1.00. The molecule has 0 aliphatic heterocycles. The molecule has 0 fully saturated rings. The van der Waals surface area contributed by atoms with Gasteiger partial charge in [0.25, 0.3) is 0 Å². The Morgan fingerprint density at radius 2 is 2.00 bits per heavy atom. The fourth-order valence-corrected chi connectivity index (χ4v) is 1.62. The van der Waals surface area contributed by atoms with Gasteiger partial charge in [0.15, 0.2) is 0 Å². The van der Waals surface area contributed by atoms with Gasteiger partial charge in [-0.3, -0.25) is 14.9 Å². The lowest BCUT2D eigenvalue weighted by Crippen LogP contribution is -2.37. The van der Waals surface area contributed by atoms with E-state index in [1.165, 1.54) is 0 Å². The van der Waals surface area contributed by atoms with Gasteiger partial charge < -0.3 is 9.53 Å². The molecule has 0 aromatic heterocycles. The number of carbonyl (C=O) groups excluding carboxylic acids is 2. The highest BCUT2D eigenvalue weighted by molar-refractivity contribution is 5.77. The first-order chi connectivity index (χ1) is 8.21. The van der Waals surface area contributed by atoms with Crippen molar-refractivity contribution >= 4 is 12.3 Å². The van der Waals surface area contributed by atoms with Crippen LogP contribution in [0.1, 0.15) is 40.5 Å². The molecular formula is C12H21NO5. The summed E-state index contributed by atoms with van der Waals surface area (Å²) in [7, 11) is 0. The van der Waals surface area contributed by atoms with Crippen LogP contribution in [0.15, 0.2) is 0 Å². The smallest absolute Gasteiger partial charge is 0.316 e. The third-order valence-electron chi connectivity index (χ3n) is 2.37. The number of aldehydes is 1. The van der Waals surface area contributed by atoms with Crippen LogP contribution in [0.4, 0.5) is 0 Å². The predicted molar refractivity (Wildman–Crippen MR) is 65.7 cm³/mol. The van der Waals surface area contributed by atoms with Gasteiger partial charge in [0.1, 0.15) is 17.8 Å². The normalized spacial score (nSPS) is 14.7.